The van der Waals surface area contributed by atoms with E-state index >= 15 is 0 Å². The summed E-state index contributed by atoms with van der Waals surface area (Å²) in [5.41, 5.74) is 1.45. The van der Waals surface area contributed by atoms with Crippen LogP contribution in [0.4, 0.5) is 0 Å². The Morgan fingerprint density at radius 2 is 2.10 bits per heavy atom. The minimum absolute atomic E-state index is 0.616. The second-order valence-corrected chi connectivity index (χ2v) is 2.66. The molecule has 0 aliphatic heterocycles. The van der Waals surface area contributed by atoms with E-state index in [2.05, 4.69) is 45.9 Å². The van der Waals surface area contributed by atoms with Gasteiger partial charge in [0.25, 0.3) is 0 Å². The lowest BCUT2D eigenvalue weighted by Crippen LogP contribution is -1.89. The zero-order valence-corrected chi connectivity index (χ0v) is 7.52. The van der Waals surface area contributed by atoms with Crippen molar-refractivity contribution in [1.82, 2.24) is 0 Å². The lowest BCUT2D eigenvalue weighted by Gasteiger charge is -2.04. The van der Waals surface area contributed by atoms with Gasteiger partial charge in [0.1, 0.15) is 0 Å². The van der Waals surface area contributed by atoms with Gasteiger partial charge in [-0.05, 0) is 26.2 Å². The van der Waals surface area contributed by atoms with Gasteiger partial charge in [0.2, 0.25) is 0 Å². The van der Waals surface area contributed by atoms with E-state index in [1.807, 2.05) is 0 Å². The second-order valence-electron chi connectivity index (χ2n) is 2.66. The van der Waals surface area contributed by atoms with Crippen LogP contribution in [0.25, 0.3) is 0 Å². The summed E-state index contributed by atoms with van der Waals surface area (Å²) in [5.74, 6) is 0.616. The zero-order valence-electron chi connectivity index (χ0n) is 7.52. The largest absolute Gasteiger partial charge is 0.0882 e. The molecule has 0 saturated carbocycles. The van der Waals surface area contributed by atoms with Gasteiger partial charge in [-0.1, -0.05) is 37.6 Å². The number of hydrogen-bond donors (Lipinski definition) is 0. The molecule has 0 rings (SSSR count). The van der Waals surface area contributed by atoms with Crippen LogP contribution in [0.2, 0.25) is 0 Å². The molecule has 0 heteroatoms. The van der Waals surface area contributed by atoms with Crippen molar-refractivity contribution in [2.75, 3.05) is 0 Å². The standard InChI is InChI=1S/C10H18/c1-5-7-8-10(4)9(3)6-2/h6-8,10H,5H2,1-4H3. The van der Waals surface area contributed by atoms with E-state index in [0.717, 1.165) is 6.42 Å². The third-order valence-electron chi connectivity index (χ3n) is 1.83. The Hall–Kier alpha value is -0.520. The molecule has 0 heterocycles. The highest BCUT2D eigenvalue weighted by Crippen LogP contribution is 2.10. The maximum atomic E-state index is 2.26. The van der Waals surface area contributed by atoms with Gasteiger partial charge < -0.3 is 0 Å². The Balaban J connectivity index is 3.84. The van der Waals surface area contributed by atoms with E-state index in [0.29, 0.717) is 5.92 Å². The molecular weight excluding hydrogens is 120 g/mol. The highest BCUT2D eigenvalue weighted by Gasteiger charge is 1.95. The molecule has 1 unspecified atom stereocenters. The minimum Gasteiger partial charge on any atom is -0.0882 e. The summed E-state index contributed by atoms with van der Waals surface area (Å²) in [5, 5.41) is 0. The summed E-state index contributed by atoms with van der Waals surface area (Å²) in [6.45, 7) is 8.64. The molecule has 0 aliphatic rings. The summed E-state index contributed by atoms with van der Waals surface area (Å²) in [6, 6.07) is 0. The van der Waals surface area contributed by atoms with Gasteiger partial charge in [-0.25, -0.2) is 0 Å². The lowest BCUT2D eigenvalue weighted by atomic mass is 10.0. The van der Waals surface area contributed by atoms with Gasteiger partial charge in [0.15, 0.2) is 0 Å². The Morgan fingerprint density at radius 3 is 2.50 bits per heavy atom. The molecule has 10 heavy (non-hydrogen) atoms. The van der Waals surface area contributed by atoms with Crippen molar-refractivity contribution in [3.8, 4) is 0 Å². The van der Waals surface area contributed by atoms with Gasteiger partial charge in [-0.2, -0.15) is 0 Å². The molecule has 0 amide bonds. The first kappa shape index (κ1) is 9.48. The molecule has 58 valence electrons. The van der Waals surface area contributed by atoms with Gasteiger partial charge >= 0.3 is 0 Å². The Morgan fingerprint density at radius 1 is 1.50 bits per heavy atom. The van der Waals surface area contributed by atoms with E-state index in [4.69, 9.17) is 0 Å². The second kappa shape index (κ2) is 5.28. The summed E-state index contributed by atoms with van der Waals surface area (Å²) >= 11 is 0. The summed E-state index contributed by atoms with van der Waals surface area (Å²) in [4.78, 5) is 0. The molecule has 0 nitrogen and oxygen atoms in total. The lowest BCUT2D eigenvalue weighted by molar-refractivity contribution is 0.853. The third kappa shape index (κ3) is 3.49. The van der Waals surface area contributed by atoms with Crippen LogP contribution >= 0.6 is 0 Å². The van der Waals surface area contributed by atoms with Gasteiger partial charge in [0, 0.05) is 0 Å². The summed E-state index contributed by atoms with van der Waals surface area (Å²) in [7, 11) is 0. The Labute approximate surface area is 64.6 Å². The van der Waals surface area contributed by atoms with Crippen LogP contribution in [0.1, 0.15) is 34.1 Å². The van der Waals surface area contributed by atoms with Crippen molar-refractivity contribution in [1.29, 1.82) is 0 Å². The molecule has 0 aromatic heterocycles. The van der Waals surface area contributed by atoms with Crippen LogP contribution in [0, 0.1) is 5.92 Å². The predicted octanol–water partition coefficient (Wildman–Crippen LogP) is 3.55. The van der Waals surface area contributed by atoms with E-state index in [1.165, 1.54) is 5.57 Å². The first-order valence-electron chi connectivity index (χ1n) is 4.01. The van der Waals surface area contributed by atoms with E-state index in [9.17, 15) is 0 Å². The fraction of sp³-hybridized carbons (Fsp3) is 0.600. The molecule has 0 spiro atoms. The molecule has 0 saturated heterocycles. The summed E-state index contributed by atoms with van der Waals surface area (Å²) in [6.07, 6.45) is 7.79. The fourth-order valence-electron chi connectivity index (χ4n) is 0.755. The zero-order chi connectivity index (χ0) is 7.98. The normalized spacial score (nSPS) is 16.2. The smallest absolute Gasteiger partial charge is 0.00545 e. The first-order valence-corrected chi connectivity index (χ1v) is 4.01. The van der Waals surface area contributed by atoms with E-state index in [1.54, 1.807) is 0 Å². The van der Waals surface area contributed by atoms with Crippen molar-refractivity contribution in [2.24, 2.45) is 5.92 Å². The first-order chi connectivity index (χ1) is 4.72. The maximum Gasteiger partial charge on any atom is -0.00545 e. The number of allylic oxidation sites excluding steroid dienone is 4. The van der Waals surface area contributed by atoms with Crippen molar-refractivity contribution in [3.05, 3.63) is 23.8 Å². The van der Waals surface area contributed by atoms with Crippen LogP contribution in [0.5, 0.6) is 0 Å². The molecule has 1 atom stereocenters. The van der Waals surface area contributed by atoms with Crippen molar-refractivity contribution < 1.29 is 0 Å². The van der Waals surface area contributed by atoms with Gasteiger partial charge in [-0.3, -0.25) is 0 Å². The number of hydrogen-bond acceptors (Lipinski definition) is 0. The molecule has 0 fully saturated rings. The Kier molecular flexibility index (Phi) is 5.00. The molecule has 0 N–H and O–H groups in total. The van der Waals surface area contributed by atoms with Gasteiger partial charge in [0.05, 0.1) is 0 Å². The molecule has 0 aliphatic carbocycles. The van der Waals surface area contributed by atoms with Crippen LogP contribution in [-0.4, -0.2) is 0 Å². The quantitative estimate of drug-likeness (QED) is 0.523. The van der Waals surface area contributed by atoms with Crippen LogP contribution in [-0.2, 0) is 0 Å². The summed E-state index contributed by atoms with van der Waals surface area (Å²) < 4.78 is 0. The van der Waals surface area contributed by atoms with E-state index in [-0.39, 0.29) is 0 Å². The minimum atomic E-state index is 0.616. The maximum absolute atomic E-state index is 2.26. The third-order valence-corrected chi connectivity index (χ3v) is 1.83. The van der Waals surface area contributed by atoms with Crippen LogP contribution in [0.15, 0.2) is 23.8 Å². The number of rotatable bonds is 3. The molecule has 0 aromatic carbocycles. The average Bonchev–Trinajstić information content (AvgIpc) is 1.98. The van der Waals surface area contributed by atoms with Crippen molar-refractivity contribution in [3.63, 3.8) is 0 Å². The average molecular weight is 138 g/mol. The van der Waals surface area contributed by atoms with Crippen LogP contribution < -0.4 is 0 Å². The molecule has 0 radical (unpaired) electrons. The SMILES string of the molecule is CC=C(C)C(C)C=CCC. The highest BCUT2D eigenvalue weighted by molar-refractivity contribution is 5.08. The fourth-order valence-corrected chi connectivity index (χ4v) is 0.755. The monoisotopic (exact) mass is 138 g/mol. The van der Waals surface area contributed by atoms with Crippen molar-refractivity contribution in [2.45, 2.75) is 34.1 Å². The highest BCUT2D eigenvalue weighted by atomic mass is 14.0. The molecule has 0 aromatic rings. The Bertz CT molecular complexity index is 129. The van der Waals surface area contributed by atoms with Gasteiger partial charge in [-0.15, -0.1) is 0 Å². The van der Waals surface area contributed by atoms with Crippen LogP contribution in [0.3, 0.4) is 0 Å². The molecule has 0 bridgehead atoms. The van der Waals surface area contributed by atoms with Crippen molar-refractivity contribution >= 4 is 0 Å². The molecular formula is C10H18. The predicted molar refractivity (Wildman–Crippen MR) is 48.0 cm³/mol. The topological polar surface area (TPSA) is 0 Å². The van der Waals surface area contributed by atoms with E-state index < -0.39 is 0 Å².